The first-order valence-corrected chi connectivity index (χ1v) is 16.9. The Morgan fingerprint density at radius 1 is 0.643 bits per heavy atom. The SMILES string of the molecule is CC(C)[PH+](CC[PH+](c1ccccc1)c1ccccc1)c1ccccc1.[Cl][Pd][Cl]. The predicted molar refractivity (Wildman–Crippen MR) is 131 cm³/mol. The van der Waals surface area contributed by atoms with Crippen LogP contribution < -0.4 is 15.9 Å². The average molecular weight is 544 g/mol. The molecule has 0 N–H and O–H groups in total. The average Bonchev–Trinajstić information content (AvgIpc) is 2.73. The number of benzene rings is 3. The zero-order chi connectivity index (χ0) is 20.2. The summed E-state index contributed by atoms with van der Waals surface area (Å²) in [5, 5.41) is 4.67. The van der Waals surface area contributed by atoms with Crippen molar-refractivity contribution in [3.05, 3.63) is 91.0 Å². The van der Waals surface area contributed by atoms with Gasteiger partial charge in [0.05, 0.1) is 35.7 Å². The van der Waals surface area contributed by atoms with Gasteiger partial charge in [-0.15, -0.1) is 0 Å². The first kappa shape index (κ1) is 24.0. The van der Waals surface area contributed by atoms with E-state index >= 15 is 0 Å². The maximum atomic E-state index is 4.81. The van der Waals surface area contributed by atoms with E-state index in [2.05, 4.69) is 105 Å². The Morgan fingerprint density at radius 2 is 1.00 bits per heavy atom. The van der Waals surface area contributed by atoms with Crippen LogP contribution in [-0.2, 0) is 15.9 Å². The van der Waals surface area contributed by atoms with Gasteiger partial charge >= 0.3 is 35.0 Å². The van der Waals surface area contributed by atoms with Crippen LogP contribution in [0.4, 0.5) is 0 Å². The Balaban J connectivity index is 0.000000878. The topological polar surface area (TPSA) is 0 Å². The van der Waals surface area contributed by atoms with Crippen molar-refractivity contribution in [2.45, 2.75) is 19.5 Å². The molecule has 5 heteroatoms. The molecule has 1 atom stereocenters. The monoisotopic (exact) mass is 542 g/mol. The Hall–Kier alpha value is -0.238. The molecular formula is C23H28Cl2P2Pd+2. The van der Waals surface area contributed by atoms with Crippen LogP contribution in [0.1, 0.15) is 13.8 Å². The molecule has 0 nitrogen and oxygen atoms in total. The zero-order valence-corrected chi connectivity index (χ0v) is 21.3. The molecule has 3 aromatic carbocycles. The van der Waals surface area contributed by atoms with Gasteiger partial charge in [-0.25, -0.2) is 0 Å². The van der Waals surface area contributed by atoms with Crippen LogP contribution in [0, 0.1) is 0 Å². The molecule has 3 aromatic rings. The van der Waals surface area contributed by atoms with Crippen molar-refractivity contribution in [1.29, 1.82) is 0 Å². The molecule has 0 bridgehead atoms. The molecule has 0 saturated carbocycles. The van der Waals surface area contributed by atoms with E-state index in [0.717, 1.165) is 5.66 Å². The first-order valence-electron chi connectivity index (χ1n) is 9.37. The molecular weight excluding hydrogens is 516 g/mol. The van der Waals surface area contributed by atoms with Gasteiger partial charge in [0.25, 0.3) is 0 Å². The molecule has 0 radical (unpaired) electrons. The van der Waals surface area contributed by atoms with Gasteiger partial charge < -0.3 is 0 Å². The fourth-order valence-corrected chi connectivity index (χ4v) is 9.74. The van der Waals surface area contributed by atoms with Crippen molar-refractivity contribution in [2.24, 2.45) is 0 Å². The summed E-state index contributed by atoms with van der Waals surface area (Å²) in [6.07, 6.45) is 2.67. The Morgan fingerprint density at radius 3 is 1.36 bits per heavy atom. The van der Waals surface area contributed by atoms with Crippen molar-refractivity contribution >= 4 is 50.8 Å². The number of halogens is 2. The van der Waals surface area contributed by atoms with E-state index in [4.69, 9.17) is 19.1 Å². The van der Waals surface area contributed by atoms with Crippen LogP contribution in [0.5, 0.6) is 0 Å². The molecule has 0 fully saturated rings. The summed E-state index contributed by atoms with van der Waals surface area (Å²) in [6, 6.07) is 33.5. The molecule has 152 valence electrons. The number of rotatable bonds is 7. The molecule has 1 unspecified atom stereocenters. The van der Waals surface area contributed by atoms with E-state index in [1.165, 1.54) is 22.9 Å². The molecule has 0 aliphatic carbocycles. The van der Waals surface area contributed by atoms with Gasteiger partial charge in [0.2, 0.25) is 0 Å². The molecule has 0 saturated heterocycles. The van der Waals surface area contributed by atoms with Crippen LogP contribution in [0.15, 0.2) is 91.0 Å². The molecule has 0 aliphatic rings. The van der Waals surface area contributed by atoms with E-state index in [-0.39, 0.29) is 15.9 Å². The first-order chi connectivity index (χ1) is 13.7. The number of hydrogen-bond acceptors (Lipinski definition) is 0. The van der Waals surface area contributed by atoms with Crippen LogP contribution >= 0.6 is 34.9 Å². The molecule has 28 heavy (non-hydrogen) atoms. The third kappa shape index (κ3) is 7.88. The zero-order valence-electron chi connectivity index (χ0n) is 16.2. The standard InChI is InChI=1S/C23H26P2.2ClH.Pd/c1-20(2)24(21-12-6-3-7-13-21)18-19-25(22-14-8-4-9-15-22)23-16-10-5-11-17-23;;;/h3-17,20H,18-19H2,1-2H3;2*1H;/q;;;+2. The third-order valence-corrected chi connectivity index (χ3v) is 11.3. The van der Waals surface area contributed by atoms with E-state index in [9.17, 15) is 0 Å². The van der Waals surface area contributed by atoms with E-state index in [1.807, 2.05) is 0 Å². The predicted octanol–water partition coefficient (Wildman–Crippen LogP) is 6.18. The normalized spacial score (nSPS) is 11.9. The molecule has 0 aliphatic heterocycles. The van der Waals surface area contributed by atoms with Crippen molar-refractivity contribution in [2.75, 3.05) is 12.3 Å². The molecule has 0 spiro atoms. The second-order valence-electron chi connectivity index (χ2n) is 6.80. The summed E-state index contributed by atoms with van der Waals surface area (Å²) in [6.45, 7) is 4.80. The molecule has 0 aromatic heterocycles. The van der Waals surface area contributed by atoms with Gasteiger partial charge in [-0.2, -0.15) is 0 Å². The van der Waals surface area contributed by atoms with Gasteiger partial charge in [-0.1, -0.05) is 54.6 Å². The van der Waals surface area contributed by atoms with E-state index in [1.54, 1.807) is 5.30 Å². The van der Waals surface area contributed by atoms with Gasteiger partial charge in [0.15, 0.2) is 0 Å². The van der Waals surface area contributed by atoms with Crippen LogP contribution in [0.3, 0.4) is 0 Å². The van der Waals surface area contributed by atoms with Crippen LogP contribution in [0.2, 0.25) is 0 Å². The molecule has 0 amide bonds. The summed E-state index contributed by atoms with van der Waals surface area (Å²) < 4.78 is 0. The fraction of sp³-hybridized carbons (Fsp3) is 0.217. The molecule has 0 heterocycles. The summed E-state index contributed by atoms with van der Waals surface area (Å²) in [5.74, 6) is 0. The Labute approximate surface area is 188 Å². The van der Waals surface area contributed by atoms with Gasteiger partial charge in [0, 0.05) is 7.92 Å². The Kier molecular flexibility index (Phi) is 11.9. The minimum absolute atomic E-state index is 0.106. The van der Waals surface area contributed by atoms with E-state index < -0.39 is 15.8 Å². The third-order valence-electron chi connectivity index (χ3n) is 4.73. The van der Waals surface area contributed by atoms with E-state index in [0.29, 0.717) is 0 Å². The second kappa shape index (κ2) is 13.9. The Bertz CT molecular complexity index is 731. The fourth-order valence-electron chi connectivity index (χ4n) is 3.41. The van der Waals surface area contributed by atoms with Gasteiger partial charge in [-0.05, 0) is 50.2 Å². The summed E-state index contributed by atoms with van der Waals surface area (Å²) in [5.41, 5.74) is 0.766. The van der Waals surface area contributed by atoms with Crippen LogP contribution in [-0.4, -0.2) is 18.0 Å². The minimum atomic E-state index is -0.709. The maximum absolute atomic E-state index is 4.81. The summed E-state index contributed by atoms with van der Waals surface area (Å²) in [4.78, 5) is 0. The van der Waals surface area contributed by atoms with Gasteiger partial charge in [-0.3, -0.25) is 0 Å². The van der Waals surface area contributed by atoms with Crippen molar-refractivity contribution in [3.63, 3.8) is 0 Å². The van der Waals surface area contributed by atoms with Gasteiger partial charge in [0.1, 0.15) is 6.16 Å². The van der Waals surface area contributed by atoms with Crippen molar-refractivity contribution in [1.82, 2.24) is 0 Å². The summed E-state index contributed by atoms with van der Waals surface area (Å²) >= 11 is -0.106. The summed E-state index contributed by atoms with van der Waals surface area (Å²) in [7, 11) is 8.40. The molecule has 3 rings (SSSR count). The van der Waals surface area contributed by atoms with Crippen LogP contribution in [0.25, 0.3) is 0 Å². The quantitative estimate of drug-likeness (QED) is 0.247. The number of hydrogen-bond donors (Lipinski definition) is 0. The van der Waals surface area contributed by atoms with Crippen molar-refractivity contribution < 1.29 is 15.9 Å². The van der Waals surface area contributed by atoms with Crippen molar-refractivity contribution in [3.8, 4) is 0 Å². The second-order valence-corrected chi connectivity index (χ2v) is 15.1.